The van der Waals surface area contributed by atoms with E-state index in [9.17, 15) is 4.79 Å². The number of rotatable bonds is 3. The molecule has 0 amide bonds. The predicted octanol–water partition coefficient (Wildman–Crippen LogP) is 2.30. The van der Waals surface area contributed by atoms with Crippen LogP contribution in [0.2, 0.25) is 0 Å². The first kappa shape index (κ1) is 12.9. The minimum Gasteiger partial charge on any atom is -0.477 e. The molecule has 0 saturated carbocycles. The van der Waals surface area contributed by atoms with Gasteiger partial charge in [0.05, 0.1) is 17.6 Å². The Labute approximate surface area is 120 Å². The lowest BCUT2D eigenvalue weighted by Crippen LogP contribution is -2.02. The number of hydrogen-bond acceptors (Lipinski definition) is 5. The van der Waals surface area contributed by atoms with Crippen molar-refractivity contribution in [2.75, 3.05) is 0 Å². The SMILES string of the molecule is O=C(O)c1cccc(-c2nnccc2-c2ccccn2)n1. The number of hydrogen-bond donors (Lipinski definition) is 1. The Morgan fingerprint density at radius 1 is 0.952 bits per heavy atom. The molecule has 0 aliphatic heterocycles. The monoisotopic (exact) mass is 278 g/mol. The molecule has 0 saturated heterocycles. The summed E-state index contributed by atoms with van der Waals surface area (Å²) in [7, 11) is 0. The standard InChI is InChI=1S/C15H10N4O2/c20-15(21)13-6-3-5-12(18-13)14-10(7-9-17-19-14)11-4-1-2-8-16-11/h1-9H,(H,20,21). The summed E-state index contributed by atoms with van der Waals surface area (Å²) in [5, 5.41) is 17.0. The first-order chi connectivity index (χ1) is 10.3. The third kappa shape index (κ3) is 2.59. The van der Waals surface area contributed by atoms with Crippen LogP contribution in [0.1, 0.15) is 10.5 Å². The average molecular weight is 278 g/mol. The number of nitrogens with zero attached hydrogens (tertiary/aromatic N) is 4. The molecule has 6 nitrogen and oxygen atoms in total. The van der Waals surface area contributed by atoms with Gasteiger partial charge in [-0.2, -0.15) is 5.10 Å². The van der Waals surface area contributed by atoms with Crippen molar-refractivity contribution in [2.45, 2.75) is 0 Å². The maximum atomic E-state index is 11.0. The third-order valence-corrected chi connectivity index (χ3v) is 2.87. The van der Waals surface area contributed by atoms with Gasteiger partial charge in [0.1, 0.15) is 11.4 Å². The highest BCUT2D eigenvalue weighted by atomic mass is 16.4. The molecule has 0 spiro atoms. The molecule has 3 heterocycles. The maximum Gasteiger partial charge on any atom is 0.354 e. The van der Waals surface area contributed by atoms with E-state index < -0.39 is 5.97 Å². The Bertz CT molecular complexity index is 790. The number of carboxylic acid groups (broad SMARTS) is 1. The highest BCUT2D eigenvalue weighted by molar-refractivity contribution is 5.86. The first-order valence-corrected chi connectivity index (χ1v) is 6.19. The third-order valence-electron chi connectivity index (χ3n) is 2.87. The quantitative estimate of drug-likeness (QED) is 0.790. The van der Waals surface area contributed by atoms with Gasteiger partial charge < -0.3 is 5.11 Å². The van der Waals surface area contributed by atoms with Gasteiger partial charge in [-0.25, -0.2) is 9.78 Å². The Hall–Kier alpha value is -3.15. The molecule has 0 fully saturated rings. The van der Waals surface area contributed by atoms with Crippen molar-refractivity contribution < 1.29 is 9.90 Å². The zero-order chi connectivity index (χ0) is 14.7. The van der Waals surface area contributed by atoms with Gasteiger partial charge in [0, 0.05) is 11.8 Å². The van der Waals surface area contributed by atoms with Crippen LogP contribution in [0.25, 0.3) is 22.6 Å². The molecule has 1 N–H and O–H groups in total. The zero-order valence-electron chi connectivity index (χ0n) is 10.8. The lowest BCUT2D eigenvalue weighted by Gasteiger charge is -2.06. The van der Waals surface area contributed by atoms with Crippen molar-refractivity contribution in [1.82, 2.24) is 20.2 Å². The van der Waals surface area contributed by atoms with Crippen LogP contribution in [0.15, 0.2) is 54.9 Å². The Kier molecular flexibility index (Phi) is 3.34. The minimum absolute atomic E-state index is 0.0369. The van der Waals surface area contributed by atoms with Crippen LogP contribution in [0.4, 0.5) is 0 Å². The first-order valence-electron chi connectivity index (χ1n) is 6.19. The van der Waals surface area contributed by atoms with E-state index in [1.165, 1.54) is 6.07 Å². The van der Waals surface area contributed by atoms with Gasteiger partial charge in [-0.3, -0.25) is 4.98 Å². The van der Waals surface area contributed by atoms with Crippen LogP contribution >= 0.6 is 0 Å². The van der Waals surface area contributed by atoms with Gasteiger partial charge in [0.2, 0.25) is 0 Å². The average Bonchev–Trinajstić information content (AvgIpc) is 2.56. The van der Waals surface area contributed by atoms with Gasteiger partial charge in [0.15, 0.2) is 0 Å². The fraction of sp³-hybridized carbons (Fsp3) is 0. The summed E-state index contributed by atoms with van der Waals surface area (Å²) in [5.74, 6) is -1.08. The molecule has 0 atom stereocenters. The van der Waals surface area contributed by atoms with Crippen LogP contribution < -0.4 is 0 Å². The molecule has 6 heteroatoms. The van der Waals surface area contributed by atoms with Crippen molar-refractivity contribution in [3.8, 4) is 22.6 Å². The highest BCUT2D eigenvalue weighted by Gasteiger charge is 2.13. The second-order valence-corrected chi connectivity index (χ2v) is 4.22. The van der Waals surface area contributed by atoms with Gasteiger partial charge in [-0.05, 0) is 30.3 Å². The summed E-state index contributed by atoms with van der Waals surface area (Å²) in [6, 6.07) is 12.1. The van der Waals surface area contributed by atoms with E-state index >= 15 is 0 Å². The van der Waals surface area contributed by atoms with Crippen molar-refractivity contribution in [3.05, 3.63) is 60.6 Å². The van der Waals surface area contributed by atoms with Crippen molar-refractivity contribution in [3.63, 3.8) is 0 Å². The largest absolute Gasteiger partial charge is 0.477 e. The van der Waals surface area contributed by atoms with E-state index in [0.717, 1.165) is 11.3 Å². The zero-order valence-corrected chi connectivity index (χ0v) is 10.8. The van der Waals surface area contributed by atoms with E-state index in [0.29, 0.717) is 11.4 Å². The van der Waals surface area contributed by atoms with Crippen LogP contribution in [-0.4, -0.2) is 31.2 Å². The second-order valence-electron chi connectivity index (χ2n) is 4.22. The molecule has 3 aromatic rings. The number of aromatic nitrogens is 4. The Balaban J connectivity index is 2.16. The minimum atomic E-state index is -1.08. The van der Waals surface area contributed by atoms with E-state index in [-0.39, 0.29) is 5.69 Å². The van der Waals surface area contributed by atoms with Crippen molar-refractivity contribution in [2.24, 2.45) is 0 Å². The number of carboxylic acids is 1. The number of pyridine rings is 2. The van der Waals surface area contributed by atoms with Crippen molar-refractivity contribution in [1.29, 1.82) is 0 Å². The van der Waals surface area contributed by atoms with Crippen LogP contribution in [-0.2, 0) is 0 Å². The summed E-state index contributed by atoms with van der Waals surface area (Å²) >= 11 is 0. The molecule has 21 heavy (non-hydrogen) atoms. The molecule has 0 aromatic carbocycles. The summed E-state index contributed by atoms with van der Waals surface area (Å²) in [5.41, 5.74) is 2.39. The van der Waals surface area contributed by atoms with E-state index in [1.807, 2.05) is 18.2 Å². The van der Waals surface area contributed by atoms with Gasteiger partial charge in [-0.1, -0.05) is 12.1 Å². The molecule has 0 aliphatic carbocycles. The van der Waals surface area contributed by atoms with Crippen molar-refractivity contribution >= 4 is 5.97 Å². The Morgan fingerprint density at radius 2 is 1.81 bits per heavy atom. The summed E-state index contributed by atoms with van der Waals surface area (Å²) in [6.45, 7) is 0. The van der Waals surface area contributed by atoms with E-state index in [1.54, 1.807) is 30.6 Å². The normalized spacial score (nSPS) is 10.3. The lowest BCUT2D eigenvalue weighted by atomic mass is 10.1. The van der Waals surface area contributed by atoms with Crippen LogP contribution in [0, 0.1) is 0 Å². The van der Waals surface area contributed by atoms with E-state index in [4.69, 9.17) is 5.11 Å². The van der Waals surface area contributed by atoms with Gasteiger partial charge in [-0.15, -0.1) is 5.10 Å². The van der Waals surface area contributed by atoms with Gasteiger partial charge in [0.25, 0.3) is 0 Å². The molecule has 0 aliphatic rings. The number of aromatic carboxylic acids is 1. The smallest absolute Gasteiger partial charge is 0.354 e. The van der Waals surface area contributed by atoms with Gasteiger partial charge >= 0.3 is 5.97 Å². The summed E-state index contributed by atoms with van der Waals surface area (Å²) in [6.07, 6.45) is 3.25. The summed E-state index contributed by atoms with van der Waals surface area (Å²) in [4.78, 5) is 19.4. The molecule has 102 valence electrons. The topological polar surface area (TPSA) is 88.9 Å². The Morgan fingerprint density at radius 3 is 2.57 bits per heavy atom. The molecular weight excluding hydrogens is 268 g/mol. The molecule has 0 bridgehead atoms. The number of carbonyl (C=O) groups is 1. The van der Waals surface area contributed by atoms with Crippen LogP contribution in [0.5, 0.6) is 0 Å². The fourth-order valence-electron chi connectivity index (χ4n) is 1.94. The second kappa shape index (κ2) is 5.46. The highest BCUT2D eigenvalue weighted by Crippen LogP contribution is 2.26. The summed E-state index contributed by atoms with van der Waals surface area (Å²) < 4.78 is 0. The molecule has 3 rings (SSSR count). The fourth-order valence-corrected chi connectivity index (χ4v) is 1.94. The maximum absolute atomic E-state index is 11.0. The lowest BCUT2D eigenvalue weighted by molar-refractivity contribution is 0.0690. The molecular formula is C15H10N4O2. The molecule has 0 radical (unpaired) electrons. The molecule has 0 unspecified atom stereocenters. The molecule has 3 aromatic heterocycles. The predicted molar refractivity (Wildman–Crippen MR) is 75.5 cm³/mol. The van der Waals surface area contributed by atoms with E-state index in [2.05, 4.69) is 20.2 Å². The van der Waals surface area contributed by atoms with Crippen LogP contribution in [0.3, 0.4) is 0 Å².